The second-order valence-electron chi connectivity index (χ2n) is 8.00. The number of piperidine rings is 1. The van der Waals surface area contributed by atoms with Gasteiger partial charge in [0.2, 0.25) is 0 Å². The molecule has 0 radical (unpaired) electrons. The van der Waals surface area contributed by atoms with E-state index in [1.54, 1.807) is 0 Å². The van der Waals surface area contributed by atoms with Crippen LogP contribution >= 0.6 is 0 Å². The number of para-hydroxylation sites is 1. The van der Waals surface area contributed by atoms with Crippen LogP contribution < -0.4 is 10.2 Å². The van der Waals surface area contributed by atoms with Crippen molar-refractivity contribution in [3.05, 3.63) is 53.9 Å². The molecule has 1 aliphatic carbocycles. The molecule has 2 aromatic heterocycles. The number of pyridine rings is 1. The summed E-state index contributed by atoms with van der Waals surface area (Å²) in [5.74, 6) is 1.47. The van der Waals surface area contributed by atoms with Gasteiger partial charge in [0, 0.05) is 37.8 Å². The molecule has 6 heteroatoms. The summed E-state index contributed by atoms with van der Waals surface area (Å²) in [5.41, 5.74) is 2.94. The van der Waals surface area contributed by atoms with Gasteiger partial charge in [0.1, 0.15) is 5.82 Å². The number of benzene rings is 1. The second kappa shape index (κ2) is 6.93. The van der Waals surface area contributed by atoms with E-state index in [4.69, 9.17) is 4.98 Å². The van der Waals surface area contributed by atoms with Crippen LogP contribution in [0.25, 0.3) is 10.9 Å². The molecule has 2 aliphatic rings. The van der Waals surface area contributed by atoms with Crippen LogP contribution in [0.2, 0.25) is 0 Å². The van der Waals surface area contributed by atoms with Gasteiger partial charge in [0.15, 0.2) is 0 Å². The zero-order chi connectivity index (χ0) is 19.1. The van der Waals surface area contributed by atoms with E-state index in [2.05, 4.69) is 21.5 Å². The molecule has 5 rings (SSSR count). The molecule has 3 heterocycles. The minimum atomic E-state index is 0.0209. The van der Waals surface area contributed by atoms with Crippen LogP contribution in [-0.2, 0) is 7.05 Å². The predicted molar refractivity (Wildman–Crippen MR) is 110 cm³/mol. The number of aryl methyl sites for hydroxylation is 1. The van der Waals surface area contributed by atoms with Gasteiger partial charge in [-0.05, 0) is 49.3 Å². The topological polar surface area (TPSA) is 63.1 Å². The Morgan fingerprint density at radius 1 is 1.14 bits per heavy atom. The third kappa shape index (κ3) is 3.35. The highest BCUT2D eigenvalue weighted by Gasteiger charge is 2.27. The van der Waals surface area contributed by atoms with Crippen molar-refractivity contribution in [1.82, 2.24) is 20.1 Å². The lowest BCUT2D eigenvalue weighted by Crippen LogP contribution is -2.34. The van der Waals surface area contributed by atoms with E-state index in [0.717, 1.165) is 61.1 Å². The van der Waals surface area contributed by atoms with Gasteiger partial charge in [-0.2, -0.15) is 5.10 Å². The summed E-state index contributed by atoms with van der Waals surface area (Å²) in [5, 5.41) is 8.36. The van der Waals surface area contributed by atoms with E-state index in [1.165, 1.54) is 5.56 Å². The number of hydrogen-bond donors (Lipinski definition) is 1. The Bertz CT molecular complexity index is 1010. The van der Waals surface area contributed by atoms with Crippen LogP contribution in [0.3, 0.4) is 0 Å². The summed E-state index contributed by atoms with van der Waals surface area (Å²) in [4.78, 5) is 20.0. The van der Waals surface area contributed by atoms with Crippen molar-refractivity contribution in [3.8, 4) is 0 Å². The normalized spacial score (nSPS) is 17.8. The Hall–Kier alpha value is -2.89. The number of carbonyl (C=O) groups is 1. The van der Waals surface area contributed by atoms with Crippen molar-refractivity contribution in [3.63, 3.8) is 0 Å². The Balaban J connectivity index is 1.40. The van der Waals surface area contributed by atoms with Gasteiger partial charge < -0.3 is 10.2 Å². The quantitative estimate of drug-likeness (QED) is 0.760. The first-order chi connectivity index (χ1) is 13.7. The number of fused-ring (bicyclic) bond motifs is 1. The average Bonchev–Trinajstić information content (AvgIpc) is 3.44. The summed E-state index contributed by atoms with van der Waals surface area (Å²) in [6.07, 6.45) is 8.42. The molecular weight excluding hydrogens is 350 g/mol. The van der Waals surface area contributed by atoms with Crippen molar-refractivity contribution in [2.45, 2.75) is 37.6 Å². The van der Waals surface area contributed by atoms with Gasteiger partial charge in [-0.25, -0.2) is 4.98 Å². The summed E-state index contributed by atoms with van der Waals surface area (Å²) in [6.45, 7) is 1.88. The van der Waals surface area contributed by atoms with E-state index < -0.39 is 0 Å². The van der Waals surface area contributed by atoms with E-state index in [-0.39, 0.29) is 5.91 Å². The maximum Gasteiger partial charge on any atom is 0.252 e. The Morgan fingerprint density at radius 2 is 1.93 bits per heavy atom. The molecule has 0 unspecified atom stereocenters. The van der Waals surface area contributed by atoms with Crippen molar-refractivity contribution < 1.29 is 4.79 Å². The van der Waals surface area contributed by atoms with E-state index >= 15 is 0 Å². The van der Waals surface area contributed by atoms with Crippen molar-refractivity contribution in [1.29, 1.82) is 0 Å². The highest BCUT2D eigenvalue weighted by molar-refractivity contribution is 6.07. The molecule has 1 amide bonds. The number of nitrogens with one attached hydrogen (secondary N) is 1. The standard InChI is InChI=1S/C22H25N5O/c1-26-14-16(13-23-26)15-8-10-27(11-9-15)21-12-19(22(28)24-17-6-7-17)18-4-2-3-5-20(18)25-21/h2-5,12-15,17H,6-11H2,1H3,(H,24,28). The van der Waals surface area contributed by atoms with Gasteiger partial charge in [-0.15, -0.1) is 0 Å². The first kappa shape index (κ1) is 17.2. The highest BCUT2D eigenvalue weighted by atomic mass is 16.1. The molecule has 1 aromatic carbocycles. The first-order valence-corrected chi connectivity index (χ1v) is 10.1. The van der Waals surface area contributed by atoms with E-state index in [9.17, 15) is 4.79 Å². The number of amides is 1. The lowest BCUT2D eigenvalue weighted by atomic mass is 9.91. The number of nitrogens with zero attached hydrogens (tertiary/aromatic N) is 4. The van der Waals surface area contributed by atoms with Gasteiger partial charge in [-0.3, -0.25) is 9.48 Å². The summed E-state index contributed by atoms with van der Waals surface area (Å²) >= 11 is 0. The molecule has 1 saturated heterocycles. The highest BCUT2D eigenvalue weighted by Crippen LogP contribution is 2.31. The van der Waals surface area contributed by atoms with Gasteiger partial charge in [-0.1, -0.05) is 18.2 Å². The molecule has 144 valence electrons. The number of aromatic nitrogens is 3. The van der Waals surface area contributed by atoms with E-state index in [0.29, 0.717) is 12.0 Å². The summed E-state index contributed by atoms with van der Waals surface area (Å²) < 4.78 is 1.87. The minimum absolute atomic E-state index is 0.0209. The third-order valence-electron chi connectivity index (χ3n) is 5.88. The maximum atomic E-state index is 12.8. The fourth-order valence-corrected chi connectivity index (χ4v) is 4.09. The van der Waals surface area contributed by atoms with Crippen LogP contribution in [0.5, 0.6) is 0 Å². The molecule has 1 saturated carbocycles. The molecule has 28 heavy (non-hydrogen) atoms. The molecule has 6 nitrogen and oxygen atoms in total. The van der Waals surface area contributed by atoms with Gasteiger partial charge in [0.25, 0.3) is 5.91 Å². The van der Waals surface area contributed by atoms with Gasteiger partial charge >= 0.3 is 0 Å². The molecule has 2 fully saturated rings. The number of rotatable bonds is 4. The monoisotopic (exact) mass is 375 g/mol. The fourth-order valence-electron chi connectivity index (χ4n) is 4.09. The fraction of sp³-hybridized carbons (Fsp3) is 0.409. The average molecular weight is 375 g/mol. The number of anilines is 1. The number of hydrogen-bond acceptors (Lipinski definition) is 4. The Labute approximate surface area is 164 Å². The number of carbonyl (C=O) groups excluding carboxylic acids is 1. The van der Waals surface area contributed by atoms with Crippen LogP contribution in [0, 0.1) is 0 Å². The SMILES string of the molecule is Cn1cc(C2CCN(c3cc(C(=O)NC4CC4)c4ccccc4n3)CC2)cn1. The van der Waals surface area contributed by atoms with Crippen LogP contribution in [0.1, 0.15) is 47.5 Å². The lowest BCUT2D eigenvalue weighted by molar-refractivity contribution is 0.0952. The summed E-state index contributed by atoms with van der Waals surface area (Å²) in [7, 11) is 1.96. The molecule has 1 N–H and O–H groups in total. The second-order valence-corrected chi connectivity index (χ2v) is 8.00. The zero-order valence-corrected chi connectivity index (χ0v) is 16.1. The maximum absolute atomic E-state index is 12.8. The Kier molecular flexibility index (Phi) is 4.26. The van der Waals surface area contributed by atoms with Gasteiger partial charge in [0.05, 0.1) is 17.3 Å². The largest absolute Gasteiger partial charge is 0.357 e. The summed E-state index contributed by atoms with van der Waals surface area (Å²) in [6, 6.07) is 10.3. The molecule has 0 spiro atoms. The molecule has 0 bridgehead atoms. The molecular formula is C22H25N5O. The van der Waals surface area contributed by atoms with Crippen LogP contribution in [0.4, 0.5) is 5.82 Å². The van der Waals surface area contributed by atoms with Crippen LogP contribution in [-0.4, -0.2) is 39.8 Å². The first-order valence-electron chi connectivity index (χ1n) is 10.1. The minimum Gasteiger partial charge on any atom is -0.357 e. The van der Waals surface area contributed by atoms with Crippen molar-refractivity contribution in [2.75, 3.05) is 18.0 Å². The Morgan fingerprint density at radius 3 is 2.64 bits per heavy atom. The zero-order valence-electron chi connectivity index (χ0n) is 16.1. The van der Waals surface area contributed by atoms with Crippen LogP contribution in [0.15, 0.2) is 42.7 Å². The predicted octanol–water partition coefficient (Wildman–Crippen LogP) is 3.24. The van der Waals surface area contributed by atoms with Crippen molar-refractivity contribution >= 4 is 22.6 Å². The molecule has 1 aliphatic heterocycles. The molecule has 0 atom stereocenters. The van der Waals surface area contributed by atoms with E-state index in [1.807, 2.05) is 48.3 Å². The smallest absolute Gasteiger partial charge is 0.252 e. The van der Waals surface area contributed by atoms with Crippen molar-refractivity contribution in [2.24, 2.45) is 7.05 Å². The third-order valence-corrected chi connectivity index (χ3v) is 5.88. The lowest BCUT2D eigenvalue weighted by Gasteiger charge is -2.32. The molecule has 3 aromatic rings.